The molecule has 0 aliphatic rings. The molecule has 4 rings (SSSR count). The average molecular weight is 449 g/mol. The van der Waals surface area contributed by atoms with Crippen LogP contribution in [0.2, 0.25) is 0 Å². The summed E-state index contributed by atoms with van der Waals surface area (Å²) < 4.78 is 3.44. The van der Waals surface area contributed by atoms with E-state index < -0.39 is 0 Å². The fourth-order valence-electron chi connectivity index (χ4n) is 3.45. The van der Waals surface area contributed by atoms with E-state index in [9.17, 15) is 14.7 Å². The lowest BCUT2D eigenvalue weighted by molar-refractivity contribution is 0.0986. The maximum atomic E-state index is 12.4. The number of benzene rings is 1. The van der Waals surface area contributed by atoms with E-state index in [1.54, 1.807) is 29.2 Å². The number of carbonyl (C=O) groups excluding carboxylic acids is 1. The van der Waals surface area contributed by atoms with Gasteiger partial charge in [0.2, 0.25) is 0 Å². The van der Waals surface area contributed by atoms with E-state index in [1.165, 1.54) is 17.4 Å². The van der Waals surface area contributed by atoms with Gasteiger partial charge in [0.15, 0.2) is 5.78 Å². The number of Topliss-reactive ketones (excluding diaryl/α,β-unsaturated/α-hetero) is 1. The van der Waals surface area contributed by atoms with Crippen molar-refractivity contribution in [3.8, 4) is 11.4 Å². The summed E-state index contributed by atoms with van der Waals surface area (Å²) in [6.45, 7) is 2.34. The fraction of sp³-hybridized carbons (Fsp3) is 0.208. The fourth-order valence-corrected chi connectivity index (χ4v) is 4.28. The zero-order valence-electron chi connectivity index (χ0n) is 17.7. The van der Waals surface area contributed by atoms with Crippen LogP contribution in [0.15, 0.2) is 72.0 Å². The Morgan fingerprint density at radius 2 is 2.06 bits per heavy atom. The summed E-state index contributed by atoms with van der Waals surface area (Å²) >= 11 is 1.51. The van der Waals surface area contributed by atoms with E-state index in [1.807, 2.05) is 48.0 Å². The van der Waals surface area contributed by atoms with Crippen LogP contribution in [-0.2, 0) is 6.42 Å². The van der Waals surface area contributed by atoms with Gasteiger partial charge in [-0.3, -0.25) is 14.2 Å². The molecule has 0 fully saturated rings. The number of ketones is 1. The molecule has 164 valence electrons. The molecule has 0 spiro atoms. The number of anilines is 1. The number of pyridine rings is 1. The molecule has 0 saturated carbocycles. The second-order valence-corrected chi connectivity index (χ2v) is 8.65. The maximum Gasteiger partial charge on any atom is 0.255 e. The summed E-state index contributed by atoms with van der Waals surface area (Å²) in [6.07, 6.45) is 6.29. The highest BCUT2D eigenvalue weighted by Gasteiger charge is 2.12. The van der Waals surface area contributed by atoms with Gasteiger partial charge < -0.3 is 15.0 Å². The van der Waals surface area contributed by atoms with E-state index in [0.717, 1.165) is 32.5 Å². The number of hydrogen-bond acceptors (Lipinski definition) is 6. The summed E-state index contributed by atoms with van der Waals surface area (Å²) in [5.74, 6) is 0.126. The Hall–Kier alpha value is -3.49. The quantitative estimate of drug-likeness (QED) is 0.382. The SMILES string of the molecule is Cc1ccc(C(=O)CCc2cn(-c3ccc(-n4ccccc4=O)cc3NCCO)cn2)s1. The van der Waals surface area contributed by atoms with E-state index in [0.29, 0.717) is 19.4 Å². The molecule has 0 bridgehead atoms. The van der Waals surface area contributed by atoms with Crippen LogP contribution in [0.1, 0.15) is 26.7 Å². The molecule has 0 amide bonds. The Balaban J connectivity index is 1.56. The van der Waals surface area contributed by atoms with E-state index in [2.05, 4.69) is 10.3 Å². The first kappa shape index (κ1) is 21.7. The molecule has 4 aromatic rings. The highest BCUT2D eigenvalue weighted by atomic mass is 32.1. The molecule has 3 heterocycles. The maximum absolute atomic E-state index is 12.4. The second-order valence-electron chi connectivity index (χ2n) is 7.37. The van der Waals surface area contributed by atoms with Crippen molar-refractivity contribution in [2.45, 2.75) is 19.8 Å². The highest BCUT2D eigenvalue weighted by Crippen LogP contribution is 2.24. The van der Waals surface area contributed by atoms with E-state index >= 15 is 0 Å². The molecule has 0 radical (unpaired) electrons. The van der Waals surface area contributed by atoms with Gasteiger partial charge in [0.25, 0.3) is 5.56 Å². The van der Waals surface area contributed by atoms with Crippen LogP contribution in [0.5, 0.6) is 0 Å². The number of nitrogens with zero attached hydrogens (tertiary/aromatic N) is 3. The molecule has 0 saturated heterocycles. The topological polar surface area (TPSA) is 89.2 Å². The molecule has 2 N–H and O–H groups in total. The molecule has 0 atom stereocenters. The normalized spacial score (nSPS) is 10.9. The molecule has 0 aliphatic heterocycles. The largest absolute Gasteiger partial charge is 0.395 e. The number of carbonyl (C=O) groups is 1. The van der Waals surface area contributed by atoms with Crippen LogP contribution in [-0.4, -0.2) is 38.2 Å². The van der Waals surface area contributed by atoms with Crippen LogP contribution in [0, 0.1) is 6.92 Å². The van der Waals surface area contributed by atoms with Crippen LogP contribution >= 0.6 is 11.3 Å². The number of hydrogen-bond donors (Lipinski definition) is 2. The Bertz CT molecular complexity index is 1290. The Morgan fingerprint density at radius 3 is 2.81 bits per heavy atom. The Labute approximate surface area is 189 Å². The lowest BCUT2D eigenvalue weighted by Crippen LogP contribution is -2.16. The molecule has 7 nitrogen and oxygen atoms in total. The van der Waals surface area contributed by atoms with Crippen LogP contribution in [0.3, 0.4) is 0 Å². The first-order valence-corrected chi connectivity index (χ1v) is 11.2. The van der Waals surface area contributed by atoms with Crippen LogP contribution < -0.4 is 10.9 Å². The molecule has 32 heavy (non-hydrogen) atoms. The zero-order valence-corrected chi connectivity index (χ0v) is 18.5. The molecule has 3 aromatic heterocycles. The van der Waals surface area contributed by atoms with Crippen molar-refractivity contribution in [2.24, 2.45) is 0 Å². The summed E-state index contributed by atoms with van der Waals surface area (Å²) in [5, 5.41) is 12.5. The standard InChI is InChI=1S/C24H24N4O3S/c1-17-5-10-23(32-17)22(30)9-6-18-15-27(16-26-18)21-8-7-19(14-20(21)25-11-13-29)28-12-3-2-4-24(28)31/h2-5,7-8,10,12,14-16,25,29H,6,9,11,13H2,1H3. The van der Waals surface area contributed by atoms with Crippen molar-refractivity contribution >= 4 is 22.8 Å². The summed E-state index contributed by atoms with van der Waals surface area (Å²) in [6, 6.07) is 14.5. The summed E-state index contributed by atoms with van der Waals surface area (Å²) in [4.78, 5) is 31.0. The van der Waals surface area contributed by atoms with Gasteiger partial charge in [0.1, 0.15) is 0 Å². The van der Waals surface area contributed by atoms with Crippen molar-refractivity contribution in [1.82, 2.24) is 14.1 Å². The minimum absolute atomic E-state index is 0.0194. The minimum atomic E-state index is -0.121. The number of rotatable bonds is 9. The van der Waals surface area contributed by atoms with E-state index in [4.69, 9.17) is 0 Å². The van der Waals surface area contributed by atoms with Gasteiger partial charge in [-0.2, -0.15) is 0 Å². The van der Waals surface area contributed by atoms with Gasteiger partial charge in [-0.05, 0) is 49.7 Å². The predicted octanol–water partition coefficient (Wildman–Crippen LogP) is 3.61. The Kier molecular flexibility index (Phi) is 6.63. The van der Waals surface area contributed by atoms with E-state index in [-0.39, 0.29) is 17.9 Å². The van der Waals surface area contributed by atoms with Crippen LogP contribution in [0.25, 0.3) is 11.4 Å². The molecular weight excluding hydrogens is 424 g/mol. The number of thiophene rings is 1. The van der Waals surface area contributed by atoms with Gasteiger partial charge in [-0.25, -0.2) is 4.98 Å². The average Bonchev–Trinajstić information content (AvgIpc) is 3.45. The monoisotopic (exact) mass is 448 g/mol. The Morgan fingerprint density at radius 1 is 1.19 bits per heavy atom. The van der Waals surface area contributed by atoms with Crippen molar-refractivity contribution in [3.05, 3.63) is 93.1 Å². The van der Waals surface area contributed by atoms with Gasteiger partial charge in [-0.1, -0.05) is 6.07 Å². The molecule has 0 aliphatic carbocycles. The molecule has 8 heteroatoms. The number of aryl methyl sites for hydroxylation is 2. The third-order valence-corrected chi connectivity index (χ3v) is 6.09. The van der Waals surface area contributed by atoms with Gasteiger partial charge in [0, 0.05) is 36.3 Å². The smallest absolute Gasteiger partial charge is 0.255 e. The number of aliphatic hydroxyl groups is 1. The summed E-state index contributed by atoms with van der Waals surface area (Å²) in [5.41, 5.74) is 3.02. The van der Waals surface area contributed by atoms with Gasteiger partial charge in [-0.15, -0.1) is 11.3 Å². The molecule has 0 unspecified atom stereocenters. The van der Waals surface area contributed by atoms with Crippen LogP contribution in [0.4, 0.5) is 5.69 Å². The number of aromatic nitrogens is 3. The summed E-state index contributed by atoms with van der Waals surface area (Å²) in [7, 11) is 0. The first-order chi connectivity index (χ1) is 15.5. The van der Waals surface area contributed by atoms with Gasteiger partial charge in [0.05, 0.1) is 40.6 Å². The number of imidazole rings is 1. The third-order valence-electron chi connectivity index (χ3n) is 5.05. The van der Waals surface area contributed by atoms with Gasteiger partial charge >= 0.3 is 0 Å². The van der Waals surface area contributed by atoms with Crippen molar-refractivity contribution in [1.29, 1.82) is 0 Å². The predicted molar refractivity (Wildman–Crippen MR) is 126 cm³/mol. The lowest BCUT2D eigenvalue weighted by Gasteiger charge is -2.15. The second kappa shape index (κ2) is 9.76. The third kappa shape index (κ3) is 4.87. The lowest BCUT2D eigenvalue weighted by atomic mass is 10.1. The molecule has 1 aromatic carbocycles. The van der Waals surface area contributed by atoms with Crippen molar-refractivity contribution in [2.75, 3.05) is 18.5 Å². The highest BCUT2D eigenvalue weighted by molar-refractivity contribution is 7.14. The van der Waals surface area contributed by atoms with Crippen molar-refractivity contribution in [3.63, 3.8) is 0 Å². The number of aliphatic hydroxyl groups excluding tert-OH is 1. The zero-order chi connectivity index (χ0) is 22.5. The first-order valence-electron chi connectivity index (χ1n) is 10.3. The minimum Gasteiger partial charge on any atom is -0.395 e. The molecular formula is C24H24N4O3S. The number of nitrogens with one attached hydrogen (secondary N) is 1. The van der Waals surface area contributed by atoms with Crippen molar-refractivity contribution < 1.29 is 9.90 Å².